The Kier molecular flexibility index (Phi) is 3.94. The van der Waals surface area contributed by atoms with E-state index in [1.54, 1.807) is 23.6 Å². The normalized spacial score (nSPS) is 27.0. The highest BCUT2D eigenvalue weighted by Crippen LogP contribution is 2.47. The van der Waals surface area contributed by atoms with Gasteiger partial charge in [0.25, 0.3) is 0 Å². The van der Waals surface area contributed by atoms with Crippen LogP contribution in [0, 0.1) is 5.41 Å². The van der Waals surface area contributed by atoms with Crippen LogP contribution in [-0.4, -0.2) is 54.9 Å². The third-order valence-electron chi connectivity index (χ3n) is 3.86. The number of hydrogen-bond donors (Lipinski definition) is 1. The molecule has 1 amide bonds. The van der Waals surface area contributed by atoms with Gasteiger partial charge in [0, 0.05) is 30.3 Å². The minimum atomic E-state index is -3.21. The van der Waals surface area contributed by atoms with Gasteiger partial charge < -0.3 is 10.6 Å². The number of sulfone groups is 1. The molecule has 2 rings (SSSR count). The number of nitrogens with zero attached hydrogens (tertiary/aromatic N) is 1. The average Bonchev–Trinajstić information content (AvgIpc) is 3.19. The second-order valence-electron chi connectivity index (χ2n) is 4.96. The van der Waals surface area contributed by atoms with E-state index in [2.05, 4.69) is 0 Å². The van der Waals surface area contributed by atoms with Crippen LogP contribution in [0.2, 0.25) is 0 Å². The van der Waals surface area contributed by atoms with Crippen LogP contribution in [0.4, 0.5) is 0 Å². The molecule has 2 aliphatic rings. The summed E-state index contributed by atoms with van der Waals surface area (Å²) in [5.41, 5.74) is 5.21. The summed E-state index contributed by atoms with van der Waals surface area (Å²) in [5.74, 6) is 1.33. The van der Waals surface area contributed by atoms with Gasteiger partial charge in [-0.05, 0) is 12.8 Å². The van der Waals surface area contributed by atoms with E-state index in [0.717, 1.165) is 18.6 Å². The Balaban J connectivity index is 2.21. The first kappa shape index (κ1) is 14.1. The summed E-state index contributed by atoms with van der Waals surface area (Å²) in [5, 5.41) is -0.655. The average molecular weight is 292 g/mol. The zero-order chi connectivity index (χ0) is 13.4. The smallest absolute Gasteiger partial charge is 0.231 e. The van der Waals surface area contributed by atoms with Crippen LogP contribution >= 0.6 is 11.8 Å². The van der Waals surface area contributed by atoms with Crippen LogP contribution in [0.5, 0.6) is 0 Å². The monoisotopic (exact) mass is 292 g/mol. The van der Waals surface area contributed by atoms with E-state index in [-0.39, 0.29) is 11.7 Å². The van der Waals surface area contributed by atoms with Gasteiger partial charge >= 0.3 is 0 Å². The Morgan fingerprint density at radius 3 is 2.67 bits per heavy atom. The Morgan fingerprint density at radius 1 is 1.50 bits per heavy atom. The van der Waals surface area contributed by atoms with E-state index in [9.17, 15) is 13.2 Å². The maximum atomic E-state index is 12.5. The van der Waals surface area contributed by atoms with Crippen molar-refractivity contribution < 1.29 is 13.2 Å². The van der Waals surface area contributed by atoms with E-state index in [1.807, 2.05) is 0 Å². The molecule has 1 unspecified atom stereocenters. The van der Waals surface area contributed by atoms with Gasteiger partial charge in [0.15, 0.2) is 9.84 Å². The number of amides is 1. The highest BCUT2D eigenvalue weighted by Gasteiger charge is 2.53. The molecule has 18 heavy (non-hydrogen) atoms. The number of carbonyl (C=O) groups is 1. The fourth-order valence-electron chi connectivity index (χ4n) is 2.26. The van der Waals surface area contributed by atoms with Gasteiger partial charge in [-0.25, -0.2) is 8.42 Å². The number of nitrogens with two attached hydrogens (primary N) is 1. The van der Waals surface area contributed by atoms with Crippen LogP contribution in [-0.2, 0) is 14.6 Å². The quantitative estimate of drug-likeness (QED) is 0.792. The fraction of sp³-hybridized carbons (Fsp3) is 0.909. The summed E-state index contributed by atoms with van der Waals surface area (Å²) in [4.78, 5) is 14.0. The molecule has 1 aliphatic carbocycles. The van der Waals surface area contributed by atoms with Crippen LogP contribution in [0.3, 0.4) is 0 Å². The Morgan fingerprint density at radius 2 is 2.17 bits per heavy atom. The summed E-state index contributed by atoms with van der Waals surface area (Å²) in [7, 11) is -3.21. The van der Waals surface area contributed by atoms with Crippen molar-refractivity contribution in [1.82, 2.24) is 4.90 Å². The second-order valence-corrected chi connectivity index (χ2v) is 8.56. The predicted molar refractivity (Wildman–Crippen MR) is 73.0 cm³/mol. The molecule has 1 heterocycles. The zero-order valence-corrected chi connectivity index (χ0v) is 12.2. The van der Waals surface area contributed by atoms with Gasteiger partial charge in [-0.1, -0.05) is 6.92 Å². The van der Waals surface area contributed by atoms with Gasteiger partial charge in [-0.3, -0.25) is 4.79 Å². The van der Waals surface area contributed by atoms with Crippen molar-refractivity contribution in [3.05, 3.63) is 0 Å². The first-order valence-corrected chi connectivity index (χ1v) is 9.14. The zero-order valence-electron chi connectivity index (χ0n) is 10.6. The number of thioether (sulfide) groups is 1. The first-order chi connectivity index (χ1) is 8.47. The first-order valence-electron chi connectivity index (χ1n) is 6.27. The molecule has 7 heteroatoms. The highest BCUT2D eigenvalue weighted by molar-refractivity contribution is 8.01. The molecular weight excluding hydrogens is 272 g/mol. The van der Waals surface area contributed by atoms with E-state index >= 15 is 0 Å². The molecule has 1 saturated carbocycles. The number of hydrogen-bond acceptors (Lipinski definition) is 5. The van der Waals surface area contributed by atoms with Crippen molar-refractivity contribution in [2.24, 2.45) is 11.1 Å². The van der Waals surface area contributed by atoms with Crippen molar-refractivity contribution >= 4 is 27.5 Å². The Bertz CT molecular complexity index is 432. The van der Waals surface area contributed by atoms with Crippen LogP contribution < -0.4 is 5.73 Å². The molecule has 0 radical (unpaired) electrons. The molecule has 0 bridgehead atoms. The molecule has 2 fully saturated rings. The summed E-state index contributed by atoms with van der Waals surface area (Å²) >= 11 is 1.60. The molecule has 1 saturated heterocycles. The van der Waals surface area contributed by atoms with Crippen molar-refractivity contribution in [1.29, 1.82) is 0 Å². The predicted octanol–water partition coefficient (Wildman–Crippen LogP) is 0.0615. The largest absolute Gasteiger partial charge is 0.329 e. The molecule has 1 aliphatic heterocycles. The number of rotatable bonds is 4. The topological polar surface area (TPSA) is 80.5 Å². The van der Waals surface area contributed by atoms with Gasteiger partial charge in [-0.2, -0.15) is 11.8 Å². The molecule has 2 N–H and O–H groups in total. The van der Waals surface area contributed by atoms with E-state index in [4.69, 9.17) is 5.73 Å². The molecule has 104 valence electrons. The van der Waals surface area contributed by atoms with Crippen molar-refractivity contribution in [2.45, 2.75) is 25.1 Å². The van der Waals surface area contributed by atoms with Crippen LogP contribution in [0.15, 0.2) is 0 Å². The maximum absolute atomic E-state index is 12.5. The minimum Gasteiger partial charge on any atom is -0.329 e. The molecule has 0 aromatic heterocycles. The Hall–Kier alpha value is -0.270. The number of carbonyl (C=O) groups excluding carboxylic acids is 1. The van der Waals surface area contributed by atoms with E-state index < -0.39 is 20.6 Å². The lowest BCUT2D eigenvalue weighted by Gasteiger charge is -2.36. The molecule has 0 aromatic rings. The lowest BCUT2D eigenvalue weighted by atomic mass is 10.1. The SMILES string of the molecule is CCS(=O)(=O)C1CSCCN1C(=O)C1(CN)CC1. The summed E-state index contributed by atoms with van der Waals surface area (Å²) in [6.07, 6.45) is 1.59. The van der Waals surface area contributed by atoms with Crippen molar-refractivity contribution in [2.75, 3.05) is 30.3 Å². The lowest BCUT2D eigenvalue weighted by molar-refractivity contribution is -0.137. The standard InChI is InChI=1S/C11H20N2O3S2/c1-2-18(15,16)9-7-17-6-5-13(9)10(14)11(8-12)3-4-11/h9H,2-8,12H2,1H3. The second kappa shape index (κ2) is 5.02. The van der Waals surface area contributed by atoms with Gasteiger partial charge in [0.05, 0.1) is 5.41 Å². The van der Waals surface area contributed by atoms with Gasteiger partial charge in [0.1, 0.15) is 5.37 Å². The molecule has 0 spiro atoms. The molecular formula is C11H20N2O3S2. The maximum Gasteiger partial charge on any atom is 0.231 e. The van der Waals surface area contributed by atoms with Crippen LogP contribution in [0.1, 0.15) is 19.8 Å². The van der Waals surface area contributed by atoms with E-state index in [0.29, 0.717) is 18.8 Å². The molecule has 0 aromatic carbocycles. The molecule has 5 nitrogen and oxygen atoms in total. The third-order valence-corrected chi connectivity index (χ3v) is 7.15. The fourth-order valence-corrected chi connectivity index (χ4v) is 5.23. The van der Waals surface area contributed by atoms with E-state index in [1.165, 1.54) is 0 Å². The van der Waals surface area contributed by atoms with Crippen LogP contribution in [0.25, 0.3) is 0 Å². The third kappa shape index (κ3) is 2.40. The summed E-state index contributed by atoms with van der Waals surface area (Å²) in [6, 6.07) is 0. The minimum absolute atomic E-state index is 0.0488. The molecule has 1 atom stereocenters. The lowest BCUT2D eigenvalue weighted by Crippen LogP contribution is -2.54. The summed E-state index contributed by atoms with van der Waals surface area (Å²) < 4.78 is 24.1. The highest BCUT2D eigenvalue weighted by atomic mass is 32.2. The van der Waals surface area contributed by atoms with Crippen molar-refractivity contribution in [3.63, 3.8) is 0 Å². The van der Waals surface area contributed by atoms with Gasteiger partial charge in [-0.15, -0.1) is 0 Å². The summed E-state index contributed by atoms with van der Waals surface area (Å²) in [6.45, 7) is 2.48. The van der Waals surface area contributed by atoms with Gasteiger partial charge in [0.2, 0.25) is 5.91 Å². The van der Waals surface area contributed by atoms with Crippen molar-refractivity contribution in [3.8, 4) is 0 Å². The Labute approximate surface area is 112 Å².